The summed E-state index contributed by atoms with van der Waals surface area (Å²) in [6.45, 7) is 6.32. The van der Waals surface area contributed by atoms with Crippen LogP contribution in [0.15, 0.2) is 18.2 Å². The number of hydrogen-bond donors (Lipinski definition) is 1. The zero-order valence-corrected chi connectivity index (χ0v) is 12.5. The predicted octanol–water partition coefficient (Wildman–Crippen LogP) is 2.22. The summed E-state index contributed by atoms with van der Waals surface area (Å²) in [6, 6.07) is 7.25. The second-order valence-electron chi connectivity index (χ2n) is 6.25. The van der Waals surface area contributed by atoms with Crippen molar-refractivity contribution in [3.05, 3.63) is 29.3 Å². The fourth-order valence-corrected chi connectivity index (χ4v) is 3.66. The first-order valence-corrected chi connectivity index (χ1v) is 7.96. The molecular weight excluding hydrogens is 248 g/mol. The Bertz CT molecular complexity index is 460. The predicted molar refractivity (Wildman–Crippen MR) is 82.2 cm³/mol. The quantitative estimate of drug-likeness (QED) is 0.915. The van der Waals surface area contributed by atoms with Crippen molar-refractivity contribution in [1.29, 1.82) is 0 Å². The molecule has 2 N–H and O–H groups in total. The van der Waals surface area contributed by atoms with Crippen molar-refractivity contribution in [1.82, 2.24) is 4.90 Å². The average molecular weight is 274 g/mol. The van der Waals surface area contributed by atoms with E-state index in [4.69, 9.17) is 10.5 Å². The van der Waals surface area contributed by atoms with Crippen LogP contribution in [0.3, 0.4) is 0 Å². The molecule has 2 atom stereocenters. The van der Waals surface area contributed by atoms with Gasteiger partial charge in [-0.05, 0) is 48.9 Å². The molecule has 20 heavy (non-hydrogen) atoms. The maximum Gasteiger partial charge on any atom is 0.122 e. The van der Waals surface area contributed by atoms with Gasteiger partial charge in [-0.25, -0.2) is 0 Å². The van der Waals surface area contributed by atoms with Gasteiger partial charge in [0.25, 0.3) is 0 Å². The molecule has 1 saturated heterocycles. The second kappa shape index (κ2) is 6.15. The van der Waals surface area contributed by atoms with Crippen molar-refractivity contribution in [2.45, 2.75) is 38.6 Å². The molecule has 1 aromatic carbocycles. The van der Waals surface area contributed by atoms with Gasteiger partial charge >= 0.3 is 0 Å². The molecule has 0 amide bonds. The Balaban J connectivity index is 1.61. The molecule has 2 unspecified atom stereocenters. The molecule has 1 fully saturated rings. The lowest BCUT2D eigenvalue weighted by Gasteiger charge is -2.39. The zero-order chi connectivity index (χ0) is 13.9. The van der Waals surface area contributed by atoms with Crippen LogP contribution in [0.2, 0.25) is 0 Å². The molecule has 0 aliphatic carbocycles. The molecule has 3 nitrogen and oxygen atoms in total. The van der Waals surface area contributed by atoms with Gasteiger partial charge in [0.05, 0.1) is 6.61 Å². The summed E-state index contributed by atoms with van der Waals surface area (Å²) in [6.07, 6.45) is 4.83. The highest BCUT2D eigenvalue weighted by Crippen LogP contribution is 2.27. The molecular formula is C17H26N2O. The van der Waals surface area contributed by atoms with Gasteiger partial charge in [0.2, 0.25) is 0 Å². The van der Waals surface area contributed by atoms with Gasteiger partial charge in [0, 0.05) is 25.6 Å². The molecule has 0 spiro atoms. The van der Waals surface area contributed by atoms with Gasteiger partial charge in [0.15, 0.2) is 0 Å². The molecule has 3 heteroatoms. The SMILES string of the molecule is CC1CCCN(CCc2ccc3c(c2)CCO3)C1CN. The van der Waals surface area contributed by atoms with E-state index < -0.39 is 0 Å². The van der Waals surface area contributed by atoms with Gasteiger partial charge < -0.3 is 10.5 Å². The minimum Gasteiger partial charge on any atom is -0.493 e. The van der Waals surface area contributed by atoms with Gasteiger partial charge in [-0.15, -0.1) is 0 Å². The molecule has 2 aliphatic rings. The first-order chi connectivity index (χ1) is 9.78. The molecule has 0 aromatic heterocycles. The smallest absolute Gasteiger partial charge is 0.122 e. The van der Waals surface area contributed by atoms with Crippen LogP contribution in [0.25, 0.3) is 0 Å². The normalized spacial score (nSPS) is 26.3. The van der Waals surface area contributed by atoms with Crippen LogP contribution in [0, 0.1) is 5.92 Å². The van der Waals surface area contributed by atoms with Gasteiger partial charge in [-0.3, -0.25) is 4.90 Å². The molecule has 3 rings (SSSR count). The summed E-state index contributed by atoms with van der Waals surface area (Å²) in [5, 5.41) is 0. The highest BCUT2D eigenvalue weighted by atomic mass is 16.5. The van der Waals surface area contributed by atoms with Crippen LogP contribution in [-0.4, -0.2) is 37.2 Å². The molecule has 2 aliphatic heterocycles. The van der Waals surface area contributed by atoms with E-state index in [2.05, 4.69) is 30.0 Å². The number of piperidine rings is 1. The summed E-state index contributed by atoms with van der Waals surface area (Å²) in [7, 11) is 0. The fraction of sp³-hybridized carbons (Fsp3) is 0.647. The van der Waals surface area contributed by atoms with Crippen molar-refractivity contribution >= 4 is 0 Å². The van der Waals surface area contributed by atoms with Crippen molar-refractivity contribution < 1.29 is 4.74 Å². The van der Waals surface area contributed by atoms with Crippen LogP contribution in [0.4, 0.5) is 0 Å². The van der Waals surface area contributed by atoms with Crippen LogP contribution in [0.5, 0.6) is 5.75 Å². The van der Waals surface area contributed by atoms with Crippen molar-refractivity contribution in [2.75, 3.05) is 26.2 Å². The fourth-order valence-electron chi connectivity index (χ4n) is 3.66. The summed E-state index contributed by atoms with van der Waals surface area (Å²) < 4.78 is 5.57. The number of rotatable bonds is 4. The summed E-state index contributed by atoms with van der Waals surface area (Å²) >= 11 is 0. The zero-order valence-electron chi connectivity index (χ0n) is 12.5. The first kappa shape index (κ1) is 13.9. The van der Waals surface area contributed by atoms with Crippen molar-refractivity contribution in [2.24, 2.45) is 11.7 Å². The lowest BCUT2D eigenvalue weighted by Crippen LogP contribution is -2.49. The Labute approximate surface area is 122 Å². The molecule has 0 radical (unpaired) electrons. The monoisotopic (exact) mass is 274 g/mol. The molecule has 1 aromatic rings. The van der Waals surface area contributed by atoms with E-state index in [1.807, 2.05) is 0 Å². The number of hydrogen-bond acceptors (Lipinski definition) is 3. The maximum absolute atomic E-state index is 5.97. The van der Waals surface area contributed by atoms with Crippen molar-refractivity contribution in [3.63, 3.8) is 0 Å². The third kappa shape index (κ3) is 2.84. The Morgan fingerprint density at radius 1 is 1.40 bits per heavy atom. The summed E-state index contributed by atoms with van der Waals surface area (Å²) in [4.78, 5) is 2.60. The highest BCUT2D eigenvalue weighted by Gasteiger charge is 2.26. The van der Waals surface area contributed by atoms with E-state index in [1.165, 1.54) is 30.5 Å². The highest BCUT2D eigenvalue weighted by molar-refractivity contribution is 5.39. The van der Waals surface area contributed by atoms with Gasteiger partial charge in [-0.2, -0.15) is 0 Å². The lowest BCUT2D eigenvalue weighted by atomic mass is 9.90. The lowest BCUT2D eigenvalue weighted by molar-refractivity contribution is 0.108. The molecule has 2 heterocycles. The van der Waals surface area contributed by atoms with Crippen molar-refractivity contribution in [3.8, 4) is 5.75 Å². The Kier molecular flexibility index (Phi) is 4.27. The second-order valence-corrected chi connectivity index (χ2v) is 6.25. The number of nitrogens with zero attached hydrogens (tertiary/aromatic N) is 1. The average Bonchev–Trinajstić information content (AvgIpc) is 2.92. The van der Waals surface area contributed by atoms with E-state index >= 15 is 0 Å². The Morgan fingerprint density at radius 3 is 3.15 bits per heavy atom. The number of ether oxygens (including phenoxy) is 1. The third-order valence-electron chi connectivity index (χ3n) is 4.91. The summed E-state index contributed by atoms with van der Waals surface area (Å²) in [5.74, 6) is 1.82. The molecule has 110 valence electrons. The van der Waals surface area contributed by atoms with E-state index in [1.54, 1.807) is 0 Å². The first-order valence-electron chi connectivity index (χ1n) is 7.96. The minimum atomic E-state index is 0.571. The Morgan fingerprint density at radius 2 is 2.30 bits per heavy atom. The van der Waals surface area contributed by atoms with Crippen LogP contribution in [0.1, 0.15) is 30.9 Å². The third-order valence-corrected chi connectivity index (χ3v) is 4.91. The molecule has 0 bridgehead atoms. The number of nitrogens with two attached hydrogens (primary N) is 1. The van der Waals surface area contributed by atoms with E-state index in [0.29, 0.717) is 6.04 Å². The minimum absolute atomic E-state index is 0.571. The van der Waals surface area contributed by atoms with Crippen LogP contribution < -0.4 is 10.5 Å². The molecule has 0 saturated carbocycles. The maximum atomic E-state index is 5.97. The standard InChI is InChI=1S/C17H26N2O/c1-13-3-2-8-19(16(13)12-18)9-6-14-4-5-17-15(11-14)7-10-20-17/h4-5,11,13,16H,2-3,6-10,12,18H2,1H3. The Hall–Kier alpha value is -1.06. The van der Waals surface area contributed by atoms with Gasteiger partial charge in [-0.1, -0.05) is 19.1 Å². The van der Waals surface area contributed by atoms with E-state index in [9.17, 15) is 0 Å². The van der Waals surface area contributed by atoms with Crippen LogP contribution in [-0.2, 0) is 12.8 Å². The number of likely N-dealkylation sites (tertiary alicyclic amines) is 1. The number of fused-ring (bicyclic) bond motifs is 1. The summed E-state index contributed by atoms with van der Waals surface area (Å²) in [5.41, 5.74) is 8.78. The van der Waals surface area contributed by atoms with E-state index in [0.717, 1.165) is 44.2 Å². The largest absolute Gasteiger partial charge is 0.493 e. The van der Waals surface area contributed by atoms with Crippen LogP contribution >= 0.6 is 0 Å². The topological polar surface area (TPSA) is 38.5 Å². The van der Waals surface area contributed by atoms with E-state index in [-0.39, 0.29) is 0 Å². The number of benzene rings is 1. The van der Waals surface area contributed by atoms with Gasteiger partial charge in [0.1, 0.15) is 5.75 Å².